The monoisotopic (exact) mass is 373 g/mol. The molecule has 1 N–H and O–H groups in total. The van der Waals surface area contributed by atoms with Crippen molar-refractivity contribution in [2.75, 3.05) is 12.4 Å². The van der Waals surface area contributed by atoms with Crippen LogP contribution in [0.2, 0.25) is 0 Å². The number of allylic oxidation sites excluding steroid dienone is 1. The van der Waals surface area contributed by atoms with Gasteiger partial charge in [-0.25, -0.2) is 0 Å². The maximum atomic E-state index is 13.0. The average molecular weight is 373 g/mol. The zero-order chi connectivity index (χ0) is 18.3. The summed E-state index contributed by atoms with van der Waals surface area (Å²) in [7, 11) is 1.78. The summed E-state index contributed by atoms with van der Waals surface area (Å²) in [6.07, 6.45) is -1.67. The average Bonchev–Trinajstić information content (AvgIpc) is 3.27. The smallest absolute Gasteiger partial charge is 0.363 e. The molecule has 0 saturated heterocycles. The van der Waals surface area contributed by atoms with E-state index in [9.17, 15) is 13.2 Å². The lowest BCUT2D eigenvalue weighted by Gasteiger charge is -2.11. The number of alkyl halides is 3. The molecule has 4 rings (SSSR count). The van der Waals surface area contributed by atoms with Crippen molar-refractivity contribution < 1.29 is 13.2 Å². The molecule has 3 aromatic rings. The second-order valence-corrected chi connectivity index (χ2v) is 6.91. The van der Waals surface area contributed by atoms with E-state index in [4.69, 9.17) is 0 Å². The number of halogens is 3. The number of nitrogens with zero attached hydrogens (tertiary/aromatic N) is 2. The molecule has 26 heavy (non-hydrogen) atoms. The van der Waals surface area contributed by atoms with Crippen molar-refractivity contribution in [3.05, 3.63) is 70.8 Å². The lowest BCUT2D eigenvalue weighted by molar-refractivity contribution is -0.137. The molecule has 1 heterocycles. The Kier molecular flexibility index (Phi) is 4.03. The molecule has 0 bridgehead atoms. The molecular formula is C19H14F3N3S. The summed E-state index contributed by atoms with van der Waals surface area (Å²) in [5.41, 5.74) is 3.71. The number of aromatic nitrogens is 2. The fourth-order valence-electron chi connectivity index (χ4n) is 3.04. The number of anilines is 1. The maximum absolute atomic E-state index is 13.0. The predicted molar refractivity (Wildman–Crippen MR) is 97.1 cm³/mol. The van der Waals surface area contributed by atoms with Crippen LogP contribution in [0.25, 0.3) is 16.1 Å². The summed E-state index contributed by atoms with van der Waals surface area (Å²) in [6.45, 7) is 0. The van der Waals surface area contributed by atoms with Crippen molar-refractivity contribution in [3.63, 3.8) is 0 Å². The topological polar surface area (TPSA) is 37.8 Å². The van der Waals surface area contributed by atoms with Crippen molar-refractivity contribution in [3.8, 4) is 10.6 Å². The summed E-state index contributed by atoms with van der Waals surface area (Å²) in [4.78, 5) is 0. The van der Waals surface area contributed by atoms with Gasteiger partial charge in [0.05, 0.1) is 5.56 Å². The molecule has 132 valence electrons. The molecular weight excluding hydrogens is 359 g/mol. The van der Waals surface area contributed by atoms with E-state index in [1.54, 1.807) is 13.1 Å². The number of benzene rings is 2. The van der Waals surface area contributed by atoms with Crippen LogP contribution in [-0.2, 0) is 12.6 Å². The van der Waals surface area contributed by atoms with Gasteiger partial charge in [0.2, 0.25) is 5.13 Å². The van der Waals surface area contributed by atoms with E-state index < -0.39 is 11.7 Å². The normalized spacial score (nSPS) is 13.5. The van der Waals surface area contributed by atoms with Crippen LogP contribution in [0.1, 0.15) is 22.3 Å². The van der Waals surface area contributed by atoms with Gasteiger partial charge in [0, 0.05) is 12.6 Å². The third kappa shape index (κ3) is 2.99. The van der Waals surface area contributed by atoms with E-state index in [2.05, 4.69) is 15.5 Å². The Hall–Kier alpha value is -2.67. The van der Waals surface area contributed by atoms with Crippen LogP contribution >= 0.6 is 11.3 Å². The van der Waals surface area contributed by atoms with Gasteiger partial charge in [0.1, 0.15) is 5.01 Å². The molecule has 1 aliphatic carbocycles. The first-order chi connectivity index (χ1) is 12.5. The van der Waals surface area contributed by atoms with Crippen LogP contribution in [0.5, 0.6) is 0 Å². The maximum Gasteiger partial charge on any atom is 0.416 e. The Balaban J connectivity index is 1.74. The van der Waals surface area contributed by atoms with Crippen LogP contribution in [0.4, 0.5) is 18.3 Å². The number of fused-ring (bicyclic) bond motifs is 1. The molecule has 2 aromatic carbocycles. The van der Waals surface area contributed by atoms with Gasteiger partial charge in [0.15, 0.2) is 0 Å². The fraction of sp³-hybridized carbons (Fsp3) is 0.158. The Morgan fingerprint density at radius 3 is 2.62 bits per heavy atom. The highest BCUT2D eigenvalue weighted by Gasteiger charge is 2.31. The minimum atomic E-state index is -4.35. The number of hydrogen-bond acceptors (Lipinski definition) is 4. The Bertz CT molecular complexity index is 1010. The van der Waals surface area contributed by atoms with Gasteiger partial charge in [-0.1, -0.05) is 41.7 Å². The predicted octanol–water partition coefficient (Wildman–Crippen LogP) is 5.25. The molecule has 0 unspecified atom stereocenters. The second kappa shape index (κ2) is 6.25. The van der Waals surface area contributed by atoms with Gasteiger partial charge < -0.3 is 5.32 Å². The Morgan fingerprint density at radius 1 is 1.04 bits per heavy atom. The van der Waals surface area contributed by atoms with Crippen molar-refractivity contribution in [2.24, 2.45) is 0 Å². The number of hydrogen-bond donors (Lipinski definition) is 1. The van der Waals surface area contributed by atoms with Crippen molar-refractivity contribution >= 4 is 22.0 Å². The highest BCUT2D eigenvalue weighted by atomic mass is 32.1. The van der Waals surface area contributed by atoms with Gasteiger partial charge in [-0.3, -0.25) is 0 Å². The highest BCUT2D eigenvalue weighted by molar-refractivity contribution is 7.18. The van der Waals surface area contributed by atoms with Gasteiger partial charge in [-0.15, -0.1) is 10.2 Å². The standard InChI is InChI=1S/C19H14F3N3S/c1-23-18-25-24-17(26-18)13-6-5-11-7-8-15(16(11)10-13)12-3-2-4-14(9-12)19(20,21)22/h2-6,8-10H,7H2,1H3,(H,23,25). The Labute approximate surface area is 152 Å². The van der Waals surface area contributed by atoms with Crippen molar-refractivity contribution in [1.29, 1.82) is 0 Å². The first-order valence-electron chi connectivity index (χ1n) is 7.98. The molecule has 0 amide bonds. The molecule has 0 saturated carbocycles. The molecule has 7 heteroatoms. The van der Waals surface area contributed by atoms with E-state index in [0.717, 1.165) is 33.3 Å². The molecule has 0 fully saturated rings. The van der Waals surface area contributed by atoms with Gasteiger partial charge in [-0.05, 0) is 46.9 Å². The summed E-state index contributed by atoms with van der Waals surface area (Å²) in [5.74, 6) is 0. The molecule has 1 aliphatic rings. The molecule has 0 atom stereocenters. The van der Waals surface area contributed by atoms with Crippen molar-refractivity contribution in [2.45, 2.75) is 12.6 Å². The first kappa shape index (κ1) is 16.8. The first-order valence-corrected chi connectivity index (χ1v) is 8.80. The van der Waals surface area contributed by atoms with E-state index in [0.29, 0.717) is 17.1 Å². The molecule has 0 spiro atoms. The van der Waals surface area contributed by atoms with Gasteiger partial charge in [0.25, 0.3) is 0 Å². The van der Waals surface area contributed by atoms with Crippen LogP contribution in [0, 0.1) is 0 Å². The van der Waals surface area contributed by atoms with Crippen LogP contribution in [0.3, 0.4) is 0 Å². The molecule has 1 aromatic heterocycles. The highest BCUT2D eigenvalue weighted by Crippen LogP contribution is 2.38. The van der Waals surface area contributed by atoms with Crippen LogP contribution in [-0.4, -0.2) is 17.2 Å². The van der Waals surface area contributed by atoms with E-state index in [-0.39, 0.29) is 0 Å². The minimum absolute atomic E-state index is 0.573. The van der Waals surface area contributed by atoms with E-state index in [1.165, 1.54) is 23.5 Å². The van der Waals surface area contributed by atoms with E-state index >= 15 is 0 Å². The summed E-state index contributed by atoms with van der Waals surface area (Å²) < 4.78 is 39.1. The quantitative estimate of drug-likeness (QED) is 0.681. The van der Waals surface area contributed by atoms with Crippen LogP contribution in [0.15, 0.2) is 48.5 Å². The summed E-state index contributed by atoms with van der Waals surface area (Å²) in [5, 5.41) is 12.6. The Morgan fingerprint density at radius 2 is 1.88 bits per heavy atom. The van der Waals surface area contributed by atoms with Crippen LogP contribution < -0.4 is 5.32 Å². The third-order valence-corrected chi connectivity index (χ3v) is 5.30. The second-order valence-electron chi connectivity index (χ2n) is 5.93. The summed E-state index contributed by atoms with van der Waals surface area (Å²) >= 11 is 1.43. The largest absolute Gasteiger partial charge is 0.416 e. The number of nitrogens with one attached hydrogen (secondary N) is 1. The zero-order valence-electron chi connectivity index (χ0n) is 13.8. The molecule has 0 radical (unpaired) electrons. The third-order valence-electron chi connectivity index (χ3n) is 4.31. The minimum Gasteiger partial charge on any atom is -0.363 e. The lowest BCUT2D eigenvalue weighted by atomic mass is 9.96. The van der Waals surface area contributed by atoms with Gasteiger partial charge >= 0.3 is 6.18 Å². The number of rotatable bonds is 3. The van der Waals surface area contributed by atoms with Gasteiger partial charge in [-0.2, -0.15) is 13.2 Å². The summed E-state index contributed by atoms with van der Waals surface area (Å²) in [6, 6.07) is 11.4. The fourth-order valence-corrected chi connectivity index (χ4v) is 3.73. The molecule has 0 aliphatic heterocycles. The van der Waals surface area contributed by atoms with Crippen molar-refractivity contribution in [1.82, 2.24) is 10.2 Å². The van der Waals surface area contributed by atoms with E-state index in [1.807, 2.05) is 24.3 Å². The lowest BCUT2D eigenvalue weighted by Crippen LogP contribution is -2.05. The SMILES string of the molecule is CNc1nnc(-c2ccc3c(c2)C(c2cccc(C(F)(F)F)c2)=CC3)s1. The molecule has 3 nitrogen and oxygen atoms in total. The zero-order valence-corrected chi connectivity index (χ0v) is 14.6.